The lowest BCUT2D eigenvalue weighted by Gasteiger charge is -2.32. The lowest BCUT2D eigenvalue weighted by molar-refractivity contribution is 0.170. The molecule has 0 saturated carbocycles. The van der Waals surface area contributed by atoms with Crippen molar-refractivity contribution < 1.29 is 13.5 Å². The summed E-state index contributed by atoms with van der Waals surface area (Å²) in [6.07, 6.45) is 5.10. The van der Waals surface area contributed by atoms with E-state index >= 15 is 0 Å². The van der Waals surface area contributed by atoms with Gasteiger partial charge in [0.2, 0.25) is 10.0 Å². The molecule has 1 aromatic carbocycles. The van der Waals surface area contributed by atoms with Gasteiger partial charge in [-0.25, -0.2) is 13.1 Å². The third kappa shape index (κ3) is 6.46. The zero-order valence-corrected chi connectivity index (χ0v) is 17.4. The Bertz CT molecular complexity index is 735. The zero-order valence-electron chi connectivity index (χ0n) is 16.6. The molecule has 2 rings (SSSR count). The van der Waals surface area contributed by atoms with Crippen LogP contribution < -0.4 is 16.2 Å². The Balaban J connectivity index is 0.000000527. The van der Waals surface area contributed by atoms with E-state index in [9.17, 15) is 8.42 Å². The highest BCUT2D eigenvalue weighted by Gasteiger charge is 2.43. The van der Waals surface area contributed by atoms with Gasteiger partial charge in [0.05, 0.1) is 6.10 Å². The number of aliphatic hydroxyl groups excluding tert-OH is 1. The first-order valence-electron chi connectivity index (χ1n) is 9.15. The van der Waals surface area contributed by atoms with E-state index < -0.39 is 14.8 Å². The molecule has 0 bridgehead atoms. The predicted molar refractivity (Wildman–Crippen MR) is 111 cm³/mol. The lowest BCUT2D eigenvalue weighted by Crippen LogP contribution is -2.44. The second kappa shape index (κ2) is 10.0. The topological polar surface area (TPSA) is 118 Å². The van der Waals surface area contributed by atoms with Gasteiger partial charge >= 0.3 is 0 Å². The Kier molecular flexibility index (Phi) is 8.68. The monoisotopic (exact) mass is 395 g/mol. The first-order chi connectivity index (χ1) is 12.5. The van der Waals surface area contributed by atoms with Crippen molar-refractivity contribution in [1.29, 1.82) is 0 Å². The molecule has 27 heavy (non-hydrogen) atoms. The van der Waals surface area contributed by atoms with Crippen molar-refractivity contribution in [3.63, 3.8) is 0 Å². The molecule has 152 valence electrons. The number of hydrogen-bond acceptors (Lipinski definition) is 5. The Labute approximate surface area is 163 Å². The number of sulfonamides is 1. The van der Waals surface area contributed by atoms with Crippen molar-refractivity contribution in [1.82, 2.24) is 4.72 Å². The minimum absolute atomic E-state index is 0.0926. The summed E-state index contributed by atoms with van der Waals surface area (Å²) in [5, 5.41) is 8.50. The van der Waals surface area contributed by atoms with Crippen LogP contribution in [0.15, 0.2) is 54.3 Å². The van der Waals surface area contributed by atoms with Crippen molar-refractivity contribution in [2.24, 2.45) is 17.4 Å². The molecule has 1 aromatic rings. The molecular formula is C20H33N3O3S. The maximum Gasteiger partial charge on any atom is 0.225 e. The molecule has 6 N–H and O–H groups in total. The largest absolute Gasteiger partial charge is 0.399 e. The smallest absolute Gasteiger partial charge is 0.225 e. The highest BCUT2D eigenvalue weighted by atomic mass is 32.2. The van der Waals surface area contributed by atoms with Crippen molar-refractivity contribution >= 4 is 10.0 Å². The highest BCUT2D eigenvalue weighted by Crippen LogP contribution is 2.38. The fourth-order valence-electron chi connectivity index (χ4n) is 2.33. The maximum atomic E-state index is 12.9. The van der Waals surface area contributed by atoms with Crippen molar-refractivity contribution in [2.75, 3.05) is 6.54 Å². The second-order valence-corrected chi connectivity index (χ2v) is 9.37. The predicted octanol–water partition coefficient (Wildman–Crippen LogP) is 1.97. The fourth-order valence-corrected chi connectivity index (χ4v) is 4.14. The molecule has 0 fully saturated rings. The molecule has 6 nitrogen and oxygen atoms in total. The number of nitrogens with one attached hydrogen (secondary N) is 1. The summed E-state index contributed by atoms with van der Waals surface area (Å²) in [4.78, 5) is 0. The molecule has 0 amide bonds. The van der Waals surface area contributed by atoms with Crippen molar-refractivity contribution in [3.05, 3.63) is 59.8 Å². The molecule has 1 aliphatic carbocycles. The highest BCUT2D eigenvalue weighted by molar-refractivity contribution is 7.90. The van der Waals surface area contributed by atoms with Gasteiger partial charge in [0.1, 0.15) is 4.75 Å². The number of benzene rings is 1. The third-order valence-electron chi connectivity index (χ3n) is 4.37. The maximum absolute atomic E-state index is 12.9. The molecule has 0 aliphatic heterocycles. The summed E-state index contributed by atoms with van der Waals surface area (Å²) >= 11 is 0. The Morgan fingerprint density at radius 3 is 2.15 bits per heavy atom. The van der Waals surface area contributed by atoms with E-state index in [-0.39, 0.29) is 18.1 Å². The van der Waals surface area contributed by atoms with Gasteiger partial charge in [0.25, 0.3) is 0 Å². The summed E-state index contributed by atoms with van der Waals surface area (Å²) in [7, 11) is -3.55. The molecule has 1 aliphatic rings. The van der Waals surface area contributed by atoms with Crippen LogP contribution in [0.3, 0.4) is 0 Å². The van der Waals surface area contributed by atoms with Crippen LogP contribution >= 0.6 is 0 Å². The number of rotatable bonds is 6. The van der Waals surface area contributed by atoms with Gasteiger partial charge in [-0.2, -0.15) is 0 Å². The van der Waals surface area contributed by atoms with E-state index in [1.54, 1.807) is 32.1 Å². The standard InChI is InChI=1S/C16H22N2O2S.C4H11NO/c1-13(2)12-18-21(19,20)16(10-8-15(17)9-11-16)14-6-4-3-5-7-14;1-3(5)4(2)6/h3-10,13,18H,11-12,17H2,1-2H3;3-4,6H,5H2,1-2H3. The van der Waals surface area contributed by atoms with Crippen LogP contribution in [0.2, 0.25) is 0 Å². The van der Waals surface area contributed by atoms with Crippen LogP contribution in [0.5, 0.6) is 0 Å². The van der Waals surface area contributed by atoms with Crippen LogP contribution in [0.1, 0.15) is 39.7 Å². The Morgan fingerprint density at radius 1 is 1.19 bits per heavy atom. The Hall–Kier alpha value is -1.67. The molecule has 0 saturated heterocycles. The number of hydrogen-bond donors (Lipinski definition) is 4. The van der Waals surface area contributed by atoms with Gasteiger partial charge in [0, 0.05) is 18.3 Å². The van der Waals surface area contributed by atoms with Gasteiger partial charge in [-0.1, -0.05) is 56.3 Å². The Morgan fingerprint density at radius 2 is 1.74 bits per heavy atom. The normalized spacial score (nSPS) is 21.8. The molecule has 3 unspecified atom stereocenters. The van der Waals surface area contributed by atoms with E-state index in [1.807, 2.05) is 44.2 Å². The van der Waals surface area contributed by atoms with Gasteiger partial charge in [0.15, 0.2) is 0 Å². The molecule has 3 atom stereocenters. The first kappa shape index (κ1) is 23.4. The summed E-state index contributed by atoms with van der Waals surface area (Å²) in [5.41, 5.74) is 12.3. The minimum atomic E-state index is -3.55. The quantitative estimate of drug-likeness (QED) is 0.587. The van der Waals surface area contributed by atoms with E-state index in [1.165, 1.54) is 0 Å². The molecular weight excluding hydrogens is 362 g/mol. The van der Waals surface area contributed by atoms with E-state index in [2.05, 4.69) is 4.72 Å². The number of allylic oxidation sites excluding steroid dienone is 2. The van der Waals surface area contributed by atoms with Gasteiger partial charge in [-0.15, -0.1) is 0 Å². The first-order valence-corrected chi connectivity index (χ1v) is 10.6. The minimum Gasteiger partial charge on any atom is -0.399 e. The van der Waals surface area contributed by atoms with Crippen LogP contribution in [0.4, 0.5) is 0 Å². The molecule has 0 spiro atoms. The van der Waals surface area contributed by atoms with E-state index in [0.717, 1.165) is 5.56 Å². The van der Waals surface area contributed by atoms with Crippen LogP contribution in [0, 0.1) is 5.92 Å². The molecule has 0 heterocycles. The summed E-state index contributed by atoms with van der Waals surface area (Å²) < 4.78 is 27.4. The third-order valence-corrected chi connectivity index (χ3v) is 6.41. The second-order valence-electron chi connectivity index (χ2n) is 7.34. The van der Waals surface area contributed by atoms with Gasteiger partial charge in [-0.05, 0) is 37.8 Å². The zero-order chi connectivity index (χ0) is 20.7. The summed E-state index contributed by atoms with van der Waals surface area (Å²) in [6, 6.07) is 9.17. The lowest BCUT2D eigenvalue weighted by atomic mass is 9.91. The van der Waals surface area contributed by atoms with Crippen LogP contribution in [-0.2, 0) is 14.8 Å². The van der Waals surface area contributed by atoms with Crippen LogP contribution in [-0.4, -0.2) is 32.2 Å². The van der Waals surface area contributed by atoms with E-state index in [0.29, 0.717) is 18.7 Å². The number of nitrogens with two attached hydrogens (primary N) is 2. The molecule has 0 aromatic heterocycles. The summed E-state index contributed by atoms with van der Waals surface area (Å²) in [5.74, 6) is 0.251. The van der Waals surface area contributed by atoms with Gasteiger partial charge < -0.3 is 16.6 Å². The van der Waals surface area contributed by atoms with Crippen LogP contribution in [0.25, 0.3) is 0 Å². The average Bonchev–Trinajstić information content (AvgIpc) is 2.62. The van der Waals surface area contributed by atoms with E-state index in [4.69, 9.17) is 16.6 Å². The van der Waals surface area contributed by atoms with Gasteiger partial charge in [-0.3, -0.25) is 0 Å². The average molecular weight is 396 g/mol. The summed E-state index contributed by atoms with van der Waals surface area (Å²) in [6.45, 7) is 7.82. The van der Waals surface area contributed by atoms with Crippen molar-refractivity contribution in [3.8, 4) is 0 Å². The molecule has 0 radical (unpaired) electrons. The fraction of sp³-hybridized carbons (Fsp3) is 0.500. The SMILES string of the molecule is CC(C)CNS(=O)(=O)C1(c2ccccc2)C=CC(N)=CC1.CC(N)C(C)O. The number of aliphatic hydroxyl groups is 1. The van der Waals surface area contributed by atoms with Crippen molar-refractivity contribution in [2.45, 2.75) is 51.0 Å². The molecule has 7 heteroatoms.